The molecule has 0 aliphatic carbocycles. The fraction of sp³-hybridized carbons (Fsp3) is 0.278. The fourth-order valence-electron chi connectivity index (χ4n) is 2.81. The molecule has 1 N–H and O–H groups in total. The summed E-state index contributed by atoms with van der Waals surface area (Å²) < 4.78 is 0. The molecule has 0 spiro atoms. The molecule has 0 aromatic heterocycles. The Kier molecular flexibility index (Phi) is 4.22. The van der Waals surface area contributed by atoms with Crippen molar-refractivity contribution in [2.75, 3.05) is 0 Å². The zero-order valence-corrected chi connectivity index (χ0v) is 12.1. The van der Waals surface area contributed by atoms with Crippen LogP contribution in [0.25, 0.3) is 0 Å². The summed E-state index contributed by atoms with van der Waals surface area (Å²) >= 11 is 0. The van der Waals surface area contributed by atoms with E-state index in [4.69, 9.17) is 0 Å². The van der Waals surface area contributed by atoms with Crippen LogP contribution in [0.2, 0.25) is 0 Å². The minimum absolute atomic E-state index is 0.545. The van der Waals surface area contributed by atoms with Crippen LogP contribution >= 0.6 is 0 Å². The molecule has 0 aliphatic rings. The monoisotopic (exact) mass is 265 g/mol. The van der Waals surface area contributed by atoms with Crippen LogP contribution in [0.1, 0.15) is 39.8 Å². The maximum Gasteiger partial charge on any atom is 0.101 e. The molecule has 102 valence electrons. The van der Waals surface area contributed by atoms with Crippen molar-refractivity contribution in [2.24, 2.45) is 0 Å². The van der Waals surface area contributed by atoms with Crippen molar-refractivity contribution in [3.63, 3.8) is 0 Å². The molecule has 2 atom stereocenters. The smallest absolute Gasteiger partial charge is 0.101 e. The van der Waals surface area contributed by atoms with Gasteiger partial charge in [-0.3, -0.25) is 0 Å². The first kappa shape index (κ1) is 14.3. The molecular formula is C18H19NO. The van der Waals surface area contributed by atoms with E-state index in [1.165, 1.54) is 5.56 Å². The molecule has 2 rings (SSSR count). The standard InChI is InChI=1S/C18H19NO/c1-12-9-13(2)17(14(3)10-12)18(20)16(11-19)15-7-5-4-6-8-15/h4-10,16,18,20H,1-3H3/t16-,18+/m1/s1. The van der Waals surface area contributed by atoms with Crippen LogP contribution < -0.4 is 0 Å². The van der Waals surface area contributed by atoms with Crippen LogP contribution in [-0.4, -0.2) is 5.11 Å². The number of aliphatic hydroxyl groups is 1. The summed E-state index contributed by atoms with van der Waals surface area (Å²) in [6.07, 6.45) is -0.803. The van der Waals surface area contributed by atoms with Gasteiger partial charge in [-0.2, -0.15) is 5.26 Å². The molecule has 20 heavy (non-hydrogen) atoms. The first-order valence-electron chi connectivity index (χ1n) is 6.75. The predicted octanol–water partition coefficient (Wildman–Crippen LogP) is 3.95. The second kappa shape index (κ2) is 5.90. The molecule has 0 radical (unpaired) electrons. The lowest BCUT2D eigenvalue weighted by Gasteiger charge is -2.22. The number of benzene rings is 2. The van der Waals surface area contributed by atoms with Gasteiger partial charge in [-0.05, 0) is 43.0 Å². The van der Waals surface area contributed by atoms with E-state index in [2.05, 4.69) is 6.07 Å². The topological polar surface area (TPSA) is 44.0 Å². The summed E-state index contributed by atoms with van der Waals surface area (Å²) in [5, 5.41) is 20.1. The maximum atomic E-state index is 10.7. The SMILES string of the molecule is Cc1cc(C)c([C@@H](O)[C@H](C#N)c2ccccc2)c(C)c1. The highest BCUT2D eigenvalue weighted by atomic mass is 16.3. The summed E-state index contributed by atoms with van der Waals surface area (Å²) in [7, 11) is 0. The Morgan fingerprint density at radius 2 is 1.55 bits per heavy atom. The second-order valence-corrected chi connectivity index (χ2v) is 5.27. The van der Waals surface area contributed by atoms with Gasteiger partial charge >= 0.3 is 0 Å². The Hall–Kier alpha value is -2.11. The van der Waals surface area contributed by atoms with Crippen molar-refractivity contribution in [3.05, 3.63) is 70.3 Å². The highest BCUT2D eigenvalue weighted by molar-refractivity contribution is 5.42. The van der Waals surface area contributed by atoms with Crippen LogP contribution in [0, 0.1) is 32.1 Å². The minimum atomic E-state index is -0.803. The van der Waals surface area contributed by atoms with Crippen molar-refractivity contribution >= 4 is 0 Å². The summed E-state index contributed by atoms with van der Waals surface area (Å²) in [4.78, 5) is 0. The molecule has 2 heteroatoms. The third-order valence-corrected chi connectivity index (χ3v) is 3.65. The van der Waals surface area contributed by atoms with E-state index >= 15 is 0 Å². The fourth-order valence-corrected chi connectivity index (χ4v) is 2.81. The minimum Gasteiger partial charge on any atom is -0.387 e. The summed E-state index contributed by atoms with van der Waals surface area (Å²) in [5.74, 6) is -0.545. The van der Waals surface area contributed by atoms with E-state index in [1.54, 1.807) is 0 Å². The predicted molar refractivity (Wildman–Crippen MR) is 80.4 cm³/mol. The number of hydrogen-bond donors (Lipinski definition) is 1. The average Bonchev–Trinajstić information content (AvgIpc) is 2.39. The molecule has 0 aliphatic heterocycles. The van der Waals surface area contributed by atoms with Crippen LogP contribution in [0.3, 0.4) is 0 Å². The van der Waals surface area contributed by atoms with E-state index < -0.39 is 12.0 Å². The Balaban J connectivity index is 2.45. The van der Waals surface area contributed by atoms with Crippen molar-refractivity contribution in [3.8, 4) is 6.07 Å². The third-order valence-electron chi connectivity index (χ3n) is 3.65. The molecule has 2 aromatic carbocycles. The first-order valence-corrected chi connectivity index (χ1v) is 6.75. The zero-order chi connectivity index (χ0) is 14.7. The number of nitrogens with zero attached hydrogens (tertiary/aromatic N) is 1. The van der Waals surface area contributed by atoms with Gasteiger partial charge < -0.3 is 5.11 Å². The number of rotatable bonds is 3. The van der Waals surface area contributed by atoms with Crippen LogP contribution in [0.15, 0.2) is 42.5 Å². The van der Waals surface area contributed by atoms with E-state index in [0.29, 0.717) is 0 Å². The van der Waals surface area contributed by atoms with Gasteiger partial charge in [-0.25, -0.2) is 0 Å². The third kappa shape index (κ3) is 2.74. The normalized spacial score (nSPS) is 13.6. The van der Waals surface area contributed by atoms with Gasteiger partial charge in [-0.15, -0.1) is 0 Å². The molecule has 2 aromatic rings. The lowest BCUT2D eigenvalue weighted by atomic mass is 9.85. The Bertz CT molecular complexity index is 617. The highest BCUT2D eigenvalue weighted by Gasteiger charge is 2.25. The van der Waals surface area contributed by atoms with Crippen molar-refractivity contribution < 1.29 is 5.11 Å². The molecule has 0 unspecified atom stereocenters. The van der Waals surface area contributed by atoms with Crippen LogP contribution in [0.4, 0.5) is 0 Å². The molecule has 0 saturated carbocycles. The molecule has 0 bridgehead atoms. The van der Waals surface area contributed by atoms with Crippen molar-refractivity contribution in [1.29, 1.82) is 5.26 Å². The summed E-state index contributed by atoms with van der Waals surface area (Å²) in [5.41, 5.74) is 4.95. The lowest BCUT2D eigenvalue weighted by Crippen LogP contribution is -2.12. The van der Waals surface area contributed by atoms with Crippen molar-refractivity contribution in [1.82, 2.24) is 0 Å². The average molecular weight is 265 g/mol. The van der Waals surface area contributed by atoms with Crippen LogP contribution in [-0.2, 0) is 0 Å². The lowest BCUT2D eigenvalue weighted by molar-refractivity contribution is 0.163. The molecule has 0 amide bonds. The Morgan fingerprint density at radius 1 is 1.00 bits per heavy atom. The molecule has 0 fully saturated rings. The number of aliphatic hydroxyl groups excluding tert-OH is 1. The Morgan fingerprint density at radius 3 is 2.05 bits per heavy atom. The van der Waals surface area contributed by atoms with Gasteiger partial charge in [0.15, 0.2) is 0 Å². The second-order valence-electron chi connectivity index (χ2n) is 5.27. The zero-order valence-electron chi connectivity index (χ0n) is 12.1. The largest absolute Gasteiger partial charge is 0.387 e. The molecule has 0 heterocycles. The molecular weight excluding hydrogens is 246 g/mol. The van der Waals surface area contributed by atoms with Gasteiger partial charge in [0.1, 0.15) is 5.92 Å². The van der Waals surface area contributed by atoms with Gasteiger partial charge in [0.05, 0.1) is 12.2 Å². The van der Waals surface area contributed by atoms with Gasteiger partial charge in [0.2, 0.25) is 0 Å². The Labute approximate surface area is 120 Å². The van der Waals surface area contributed by atoms with E-state index in [9.17, 15) is 10.4 Å². The summed E-state index contributed by atoms with van der Waals surface area (Å²) in [6, 6.07) is 15.8. The maximum absolute atomic E-state index is 10.7. The van der Waals surface area contributed by atoms with Gasteiger partial charge in [0, 0.05) is 0 Å². The quantitative estimate of drug-likeness (QED) is 0.913. The van der Waals surface area contributed by atoms with Gasteiger partial charge in [0.25, 0.3) is 0 Å². The number of aryl methyl sites for hydroxylation is 3. The van der Waals surface area contributed by atoms with E-state index in [1.807, 2.05) is 63.2 Å². The van der Waals surface area contributed by atoms with Gasteiger partial charge in [-0.1, -0.05) is 48.0 Å². The molecule has 2 nitrogen and oxygen atoms in total. The van der Waals surface area contributed by atoms with E-state index in [0.717, 1.165) is 22.3 Å². The number of hydrogen-bond acceptors (Lipinski definition) is 2. The first-order chi connectivity index (χ1) is 9.54. The highest BCUT2D eigenvalue weighted by Crippen LogP contribution is 2.34. The number of nitriles is 1. The molecule has 0 saturated heterocycles. The summed E-state index contributed by atoms with van der Waals surface area (Å²) in [6.45, 7) is 6.01. The van der Waals surface area contributed by atoms with E-state index in [-0.39, 0.29) is 0 Å². The van der Waals surface area contributed by atoms with Crippen LogP contribution in [0.5, 0.6) is 0 Å². The van der Waals surface area contributed by atoms with Crippen molar-refractivity contribution in [2.45, 2.75) is 32.8 Å².